The van der Waals surface area contributed by atoms with Gasteiger partial charge in [-0.3, -0.25) is 4.98 Å². The third-order valence-corrected chi connectivity index (χ3v) is 6.03. The van der Waals surface area contributed by atoms with E-state index < -0.39 is 0 Å². The SMILES string of the molecule is O=C(NC[C@@H]1CCN(C2CC2)C1)N1CCCCC[C@H]1c1ccncc1. The van der Waals surface area contributed by atoms with Crippen molar-refractivity contribution in [2.24, 2.45) is 5.92 Å². The molecular weight excluding hydrogens is 312 g/mol. The number of hydrogen-bond acceptors (Lipinski definition) is 3. The number of carbonyl (C=O) groups is 1. The van der Waals surface area contributed by atoms with Gasteiger partial charge in [0.15, 0.2) is 0 Å². The van der Waals surface area contributed by atoms with Crippen LogP contribution in [0.5, 0.6) is 0 Å². The number of urea groups is 1. The molecule has 5 heteroatoms. The summed E-state index contributed by atoms with van der Waals surface area (Å²) in [5.41, 5.74) is 1.22. The molecule has 4 rings (SSSR count). The molecule has 3 aliphatic rings. The maximum Gasteiger partial charge on any atom is 0.317 e. The highest BCUT2D eigenvalue weighted by Crippen LogP contribution is 2.32. The Balaban J connectivity index is 1.35. The number of rotatable bonds is 4. The average molecular weight is 342 g/mol. The van der Waals surface area contributed by atoms with E-state index in [1.165, 1.54) is 50.8 Å². The van der Waals surface area contributed by atoms with Crippen molar-refractivity contribution >= 4 is 6.03 Å². The van der Waals surface area contributed by atoms with Crippen molar-refractivity contribution in [2.75, 3.05) is 26.2 Å². The van der Waals surface area contributed by atoms with Crippen LogP contribution in [-0.4, -0.2) is 53.0 Å². The highest BCUT2D eigenvalue weighted by Gasteiger charge is 2.34. The van der Waals surface area contributed by atoms with Gasteiger partial charge in [0.25, 0.3) is 0 Å². The summed E-state index contributed by atoms with van der Waals surface area (Å²) in [4.78, 5) is 21.7. The van der Waals surface area contributed by atoms with Crippen LogP contribution in [0.1, 0.15) is 56.6 Å². The monoisotopic (exact) mass is 342 g/mol. The molecule has 1 aromatic rings. The van der Waals surface area contributed by atoms with Gasteiger partial charge in [-0.15, -0.1) is 0 Å². The zero-order chi connectivity index (χ0) is 17.1. The second-order valence-electron chi connectivity index (χ2n) is 7.91. The first-order valence-electron chi connectivity index (χ1n) is 9.99. The quantitative estimate of drug-likeness (QED) is 0.914. The Labute approximate surface area is 150 Å². The molecule has 3 fully saturated rings. The maximum atomic E-state index is 12.9. The topological polar surface area (TPSA) is 48.5 Å². The summed E-state index contributed by atoms with van der Waals surface area (Å²) in [5, 5.41) is 3.25. The summed E-state index contributed by atoms with van der Waals surface area (Å²) < 4.78 is 0. The summed E-state index contributed by atoms with van der Waals surface area (Å²) in [6.45, 7) is 4.06. The summed E-state index contributed by atoms with van der Waals surface area (Å²) in [5.74, 6) is 0.621. The van der Waals surface area contributed by atoms with E-state index in [1.807, 2.05) is 12.4 Å². The van der Waals surface area contributed by atoms with Crippen LogP contribution < -0.4 is 5.32 Å². The van der Waals surface area contributed by atoms with E-state index in [-0.39, 0.29) is 12.1 Å². The van der Waals surface area contributed by atoms with Gasteiger partial charge in [0.2, 0.25) is 0 Å². The van der Waals surface area contributed by atoms with Gasteiger partial charge in [-0.05, 0) is 62.3 Å². The summed E-state index contributed by atoms with van der Waals surface area (Å²) in [6, 6.07) is 5.27. The van der Waals surface area contributed by atoms with E-state index >= 15 is 0 Å². The lowest BCUT2D eigenvalue weighted by Gasteiger charge is -2.31. The molecule has 136 valence electrons. The molecule has 0 radical (unpaired) electrons. The van der Waals surface area contributed by atoms with Gasteiger partial charge >= 0.3 is 6.03 Å². The minimum Gasteiger partial charge on any atom is -0.338 e. The Kier molecular flexibility index (Phi) is 5.20. The standard InChI is InChI=1S/C20H30N4O/c25-20(22-14-16-9-13-23(15-16)18-5-6-18)24-12-3-1-2-4-19(24)17-7-10-21-11-8-17/h7-8,10-11,16,18-19H,1-6,9,12-15H2,(H,22,25)/t16-,19-/m0/s1. The smallest absolute Gasteiger partial charge is 0.317 e. The molecule has 1 N–H and O–H groups in total. The van der Waals surface area contributed by atoms with Crippen molar-refractivity contribution in [1.29, 1.82) is 0 Å². The second-order valence-corrected chi connectivity index (χ2v) is 7.91. The molecule has 2 atom stereocenters. The van der Waals surface area contributed by atoms with Crippen LogP contribution in [0.2, 0.25) is 0 Å². The van der Waals surface area contributed by atoms with Crippen molar-refractivity contribution in [3.63, 3.8) is 0 Å². The molecular formula is C20H30N4O. The number of pyridine rings is 1. The minimum absolute atomic E-state index is 0.119. The van der Waals surface area contributed by atoms with E-state index in [2.05, 4.69) is 32.2 Å². The Morgan fingerprint density at radius 1 is 1.08 bits per heavy atom. The van der Waals surface area contributed by atoms with Crippen LogP contribution in [-0.2, 0) is 0 Å². The number of aromatic nitrogens is 1. The third kappa shape index (κ3) is 4.14. The zero-order valence-corrected chi connectivity index (χ0v) is 15.1. The second kappa shape index (κ2) is 7.73. The molecule has 2 aliphatic heterocycles. The van der Waals surface area contributed by atoms with Crippen LogP contribution in [0.15, 0.2) is 24.5 Å². The fourth-order valence-electron chi connectivity index (χ4n) is 4.42. The zero-order valence-electron chi connectivity index (χ0n) is 15.1. The van der Waals surface area contributed by atoms with Crippen molar-refractivity contribution < 1.29 is 4.79 Å². The van der Waals surface area contributed by atoms with Gasteiger partial charge in [0.05, 0.1) is 6.04 Å². The van der Waals surface area contributed by atoms with Gasteiger partial charge < -0.3 is 15.1 Å². The maximum absolute atomic E-state index is 12.9. The van der Waals surface area contributed by atoms with Gasteiger partial charge in [0, 0.05) is 38.1 Å². The first-order chi connectivity index (χ1) is 12.3. The molecule has 1 aromatic heterocycles. The van der Waals surface area contributed by atoms with Gasteiger partial charge in [-0.1, -0.05) is 12.8 Å². The number of nitrogens with zero attached hydrogens (tertiary/aromatic N) is 3. The molecule has 0 aromatic carbocycles. The van der Waals surface area contributed by atoms with Crippen molar-refractivity contribution in [3.05, 3.63) is 30.1 Å². The highest BCUT2D eigenvalue weighted by atomic mass is 16.2. The fraction of sp³-hybridized carbons (Fsp3) is 0.700. The molecule has 5 nitrogen and oxygen atoms in total. The van der Waals surface area contributed by atoms with Crippen LogP contribution in [0.4, 0.5) is 4.79 Å². The van der Waals surface area contributed by atoms with Gasteiger partial charge in [0.1, 0.15) is 0 Å². The minimum atomic E-state index is 0.119. The van der Waals surface area contributed by atoms with E-state index in [0.717, 1.165) is 32.0 Å². The van der Waals surface area contributed by atoms with E-state index in [4.69, 9.17) is 0 Å². The highest BCUT2D eigenvalue weighted by molar-refractivity contribution is 5.74. The number of carbonyl (C=O) groups excluding carboxylic acids is 1. The Morgan fingerprint density at radius 2 is 1.92 bits per heavy atom. The van der Waals surface area contributed by atoms with E-state index in [0.29, 0.717) is 5.92 Å². The van der Waals surface area contributed by atoms with Crippen LogP contribution in [0.3, 0.4) is 0 Å². The normalized spacial score (nSPS) is 27.9. The Hall–Kier alpha value is -1.62. The Morgan fingerprint density at radius 3 is 2.72 bits per heavy atom. The predicted molar refractivity (Wildman–Crippen MR) is 98.3 cm³/mol. The fourth-order valence-corrected chi connectivity index (χ4v) is 4.42. The first kappa shape index (κ1) is 16.8. The van der Waals surface area contributed by atoms with Gasteiger partial charge in [-0.25, -0.2) is 4.79 Å². The molecule has 1 aliphatic carbocycles. The number of likely N-dealkylation sites (tertiary alicyclic amines) is 2. The van der Waals surface area contributed by atoms with Crippen molar-refractivity contribution in [2.45, 2.75) is 57.0 Å². The summed E-state index contributed by atoms with van der Waals surface area (Å²) >= 11 is 0. The third-order valence-electron chi connectivity index (χ3n) is 6.03. The number of nitrogens with one attached hydrogen (secondary N) is 1. The molecule has 1 saturated carbocycles. The largest absolute Gasteiger partial charge is 0.338 e. The lowest BCUT2D eigenvalue weighted by molar-refractivity contribution is 0.174. The summed E-state index contributed by atoms with van der Waals surface area (Å²) in [6.07, 6.45) is 12.2. The lowest BCUT2D eigenvalue weighted by Crippen LogP contribution is -2.44. The molecule has 0 unspecified atom stereocenters. The van der Waals surface area contributed by atoms with Crippen LogP contribution in [0.25, 0.3) is 0 Å². The summed E-state index contributed by atoms with van der Waals surface area (Å²) in [7, 11) is 0. The van der Waals surface area contributed by atoms with E-state index in [9.17, 15) is 4.79 Å². The van der Waals surface area contributed by atoms with Crippen molar-refractivity contribution in [3.8, 4) is 0 Å². The number of amides is 2. The molecule has 2 amide bonds. The van der Waals surface area contributed by atoms with Crippen LogP contribution >= 0.6 is 0 Å². The molecule has 0 spiro atoms. The molecule has 25 heavy (non-hydrogen) atoms. The van der Waals surface area contributed by atoms with Crippen LogP contribution in [0, 0.1) is 5.92 Å². The molecule has 0 bridgehead atoms. The molecule has 2 saturated heterocycles. The van der Waals surface area contributed by atoms with E-state index in [1.54, 1.807) is 0 Å². The Bertz CT molecular complexity index is 574. The lowest BCUT2D eigenvalue weighted by atomic mass is 10.0. The first-order valence-corrected chi connectivity index (χ1v) is 9.99. The number of hydrogen-bond donors (Lipinski definition) is 1. The predicted octanol–water partition coefficient (Wildman–Crippen LogP) is 3.19. The average Bonchev–Trinajstić information content (AvgIpc) is 3.43. The van der Waals surface area contributed by atoms with Gasteiger partial charge in [-0.2, -0.15) is 0 Å². The van der Waals surface area contributed by atoms with Crippen molar-refractivity contribution in [1.82, 2.24) is 20.1 Å². The molecule has 3 heterocycles.